The number of anilines is 1. The van der Waals surface area contributed by atoms with Crippen LogP contribution in [0.5, 0.6) is 0 Å². The number of hydrogen-bond acceptors (Lipinski definition) is 5. The van der Waals surface area contributed by atoms with E-state index in [9.17, 15) is 0 Å². The molecular weight excluding hydrogens is 270 g/mol. The van der Waals surface area contributed by atoms with Crippen LogP contribution in [0, 0.1) is 5.92 Å². The number of rotatable bonds is 6. The van der Waals surface area contributed by atoms with Gasteiger partial charge in [-0.1, -0.05) is 0 Å². The van der Waals surface area contributed by atoms with E-state index in [0.29, 0.717) is 5.92 Å². The van der Waals surface area contributed by atoms with E-state index in [1.165, 1.54) is 41.4 Å². The van der Waals surface area contributed by atoms with Crippen LogP contribution in [0.1, 0.15) is 42.2 Å². The summed E-state index contributed by atoms with van der Waals surface area (Å²) in [5.74, 6) is 1.40. The van der Waals surface area contributed by atoms with Gasteiger partial charge in [0.1, 0.15) is 0 Å². The largest absolute Gasteiger partial charge is 0.384 e. The van der Waals surface area contributed by atoms with E-state index in [0.717, 1.165) is 32.2 Å². The van der Waals surface area contributed by atoms with Crippen molar-refractivity contribution in [1.82, 2.24) is 10.3 Å². The lowest BCUT2D eigenvalue weighted by Gasteiger charge is -2.32. The Morgan fingerprint density at radius 1 is 1.40 bits per heavy atom. The molecule has 3 rings (SSSR count). The molecule has 1 N–H and O–H groups in total. The fourth-order valence-electron chi connectivity index (χ4n) is 3.06. The first kappa shape index (κ1) is 14.3. The van der Waals surface area contributed by atoms with Crippen molar-refractivity contribution in [2.24, 2.45) is 5.92 Å². The molecule has 0 amide bonds. The molecule has 1 saturated heterocycles. The van der Waals surface area contributed by atoms with E-state index in [1.807, 2.05) is 18.4 Å². The van der Waals surface area contributed by atoms with Crippen LogP contribution in [0.15, 0.2) is 0 Å². The first-order chi connectivity index (χ1) is 9.81. The maximum atomic E-state index is 5.33. The molecule has 20 heavy (non-hydrogen) atoms. The van der Waals surface area contributed by atoms with Gasteiger partial charge in [0.15, 0.2) is 5.13 Å². The summed E-state index contributed by atoms with van der Waals surface area (Å²) in [6.07, 6.45) is 5.20. The van der Waals surface area contributed by atoms with Crippen molar-refractivity contribution < 1.29 is 4.74 Å². The van der Waals surface area contributed by atoms with E-state index in [1.54, 1.807) is 7.11 Å². The quantitative estimate of drug-likeness (QED) is 0.875. The van der Waals surface area contributed by atoms with Crippen LogP contribution in [0.4, 0.5) is 5.13 Å². The Morgan fingerprint density at radius 3 is 2.95 bits per heavy atom. The third kappa shape index (κ3) is 3.15. The first-order valence-electron chi connectivity index (χ1n) is 7.70. The van der Waals surface area contributed by atoms with Crippen molar-refractivity contribution in [3.05, 3.63) is 10.6 Å². The number of aromatic nitrogens is 1. The van der Waals surface area contributed by atoms with Crippen molar-refractivity contribution in [2.45, 2.75) is 38.1 Å². The Labute approximate surface area is 125 Å². The summed E-state index contributed by atoms with van der Waals surface area (Å²) in [5, 5.41) is 4.52. The first-order valence-corrected chi connectivity index (χ1v) is 8.51. The molecule has 1 atom stereocenters. The second-order valence-corrected chi connectivity index (χ2v) is 7.08. The molecule has 5 heteroatoms. The summed E-state index contributed by atoms with van der Waals surface area (Å²) in [4.78, 5) is 8.89. The van der Waals surface area contributed by atoms with Crippen molar-refractivity contribution in [1.29, 1.82) is 0 Å². The SMILES string of the molecule is CNCc1sc(N2CCCC(COC)C2)nc1C1CC1. The van der Waals surface area contributed by atoms with Gasteiger partial charge in [0.2, 0.25) is 0 Å². The second-order valence-electron chi connectivity index (χ2n) is 6.02. The average Bonchev–Trinajstić information content (AvgIpc) is 3.21. The molecule has 0 bridgehead atoms. The minimum Gasteiger partial charge on any atom is -0.384 e. The Morgan fingerprint density at radius 2 is 2.25 bits per heavy atom. The van der Waals surface area contributed by atoms with Crippen LogP contribution in [0.25, 0.3) is 0 Å². The van der Waals surface area contributed by atoms with Crippen LogP contribution in [0.3, 0.4) is 0 Å². The van der Waals surface area contributed by atoms with Crippen LogP contribution < -0.4 is 10.2 Å². The van der Waals surface area contributed by atoms with Gasteiger partial charge >= 0.3 is 0 Å². The molecule has 2 aliphatic rings. The number of ether oxygens (including phenoxy) is 1. The number of hydrogen-bond donors (Lipinski definition) is 1. The van der Waals surface area contributed by atoms with E-state index < -0.39 is 0 Å². The Bertz CT molecular complexity index is 442. The van der Waals surface area contributed by atoms with Crippen molar-refractivity contribution >= 4 is 16.5 Å². The van der Waals surface area contributed by atoms with Gasteiger partial charge in [-0.15, -0.1) is 11.3 Å². The van der Waals surface area contributed by atoms with Crippen LogP contribution in [-0.4, -0.2) is 38.8 Å². The summed E-state index contributed by atoms with van der Waals surface area (Å²) in [6.45, 7) is 4.08. The predicted molar refractivity (Wildman–Crippen MR) is 83.7 cm³/mol. The number of methoxy groups -OCH3 is 1. The standard InChI is InChI=1S/C15H25N3OS/c1-16-8-13-14(12-5-6-12)17-15(20-13)18-7-3-4-11(9-18)10-19-2/h11-12,16H,3-10H2,1-2H3. The zero-order chi connectivity index (χ0) is 13.9. The number of thiazole rings is 1. The third-order valence-corrected chi connectivity index (χ3v) is 5.34. The Hall–Kier alpha value is -0.650. The van der Waals surface area contributed by atoms with Gasteiger partial charge in [0, 0.05) is 37.5 Å². The minimum absolute atomic E-state index is 0.662. The third-order valence-electron chi connectivity index (χ3n) is 4.21. The maximum absolute atomic E-state index is 5.33. The van der Waals surface area contributed by atoms with Crippen molar-refractivity contribution in [3.8, 4) is 0 Å². The lowest BCUT2D eigenvalue weighted by molar-refractivity contribution is 0.143. The fourth-order valence-corrected chi connectivity index (χ4v) is 4.25. The molecule has 0 radical (unpaired) electrons. The highest BCUT2D eigenvalue weighted by Crippen LogP contribution is 2.44. The second kappa shape index (κ2) is 6.41. The van der Waals surface area contributed by atoms with Gasteiger partial charge in [-0.05, 0) is 38.6 Å². The number of piperidine rings is 1. The predicted octanol–water partition coefficient (Wildman–Crippen LogP) is 2.60. The van der Waals surface area contributed by atoms with E-state index in [2.05, 4.69) is 10.2 Å². The van der Waals surface area contributed by atoms with Gasteiger partial charge in [-0.25, -0.2) is 4.98 Å². The van der Waals surface area contributed by atoms with Crippen molar-refractivity contribution in [2.75, 3.05) is 38.8 Å². The molecule has 4 nitrogen and oxygen atoms in total. The average molecular weight is 295 g/mol. The molecule has 1 saturated carbocycles. The molecule has 0 spiro atoms. The smallest absolute Gasteiger partial charge is 0.185 e. The topological polar surface area (TPSA) is 37.4 Å². The molecule has 1 aromatic heterocycles. The lowest BCUT2D eigenvalue weighted by Crippen LogP contribution is -2.37. The van der Waals surface area contributed by atoms with Gasteiger partial charge in [0.25, 0.3) is 0 Å². The maximum Gasteiger partial charge on any atom is 0.185 e. The summed E-state index contributed by atoms with van der Waals surface area (Å²) in [7, 11) is 3.82. The highest BCUT2D eigenvalue weighted by atomic mass is 32.1. The van der Waals surface area contributed by atoms with Crippen molar-refractivity contribution in [3.63, 3.8) is 0 Å². The van der Waals surface area contributed by atoms with Crippen LogP contribution in [-0.2, 0) is 11.3 Å². The number of nitrogens with one attached hydrogen (secondary N) is 1. The van der Waals surface area contributed by atoms with E-state index in [-0.39, 0.29) is 0 Å². The van der Waals surface area contributed by atoms with Gasteiger partial charge in [-0.3, -0.25) is 0 Å². The fraction of sp³-hybridized carbons (Fsp3) is 0.800. The molecule has 2 heterocycles. The van der Waals surface area contributed by atoms with Gasteiger partial charge in [0.05, 0.1) is 12.3 Å². The molecular formula is C15H25N3OS. The highest BCUT2D eigenvalue weighted by molar-refractivity contribution is 7.15. The summed E-state index contributed by atoms with van der Waals surface area (Å²) in [6, 6.07) is 0. The van der Waals surface area contributed by atoms with Crippen LogP contribution in [0.2, 0.25) is 0 Å². The highest BCUT2D eigenvalue weighted by Gasteiger charge is 2.31. The molecule has 1 aliphatic carbocycles. The van der Waals surface area contributed by atoms with Crippen LogP contribution >= 0.6 is 11.3 Å². The molecule has 1 aromatic rings. The summed E-state index contributed by atoms with van der Waals surface area (Å²) >= 11 is 1.89. The molecule has 2 fully saturated rings. The summed E-state index contributed by atoms with van der Waals surface area (Å²) < 4.78 is 5.33. The lowest BCUT2D eigenvalue weighted by atomic mass is 9.99. The summed E-state index contributed by atoms with van der Waals surface area (Å²) in [5.41, 5.74) is 1.37. The normalized spacial score (nSPS) is 23.3. The van der Waals surface area contributed by atoms with Gasteiger partial charge in [-0.2, -0.15) is 0 Å². The monoisotopic (exact) mass is 295 g/mol. The number of nitrogens with zero attached hydrogens (tertiary/aromatic N) is 2. The van der Waals surface area contributed by atoms with Gasteiger partial charge < -0.3 is 15.0 Å². The van der Waals surface area contributed by atoms with E-state index in [4.69, 9.17) is 9.72 Å². The Balaban J connectivity index is 1.73. The zero-order valence-electron chi connectivity index (χ0n) is 12.5. The molecule has 0 aromatic carbocycles. The molecule has 1 unspecified atom stereocenters. The minimum atomic E-state index is 0.662. The van der Waals surface area contributed by atoms with E-state index >= 15 is 0 Å². The molecule has 112 valence electrons. The molecule has 1 aliphatic heterocycles. The zero-order valence-corrected chi connectivity index (χ0v) is 13.3. The Kier molecular flexibility index (Phi) is 4.58.